The molecule has 0 bridgehead atoms. The fraction of sp³-hybridized carbons (Fsp3) is 0.600. The first kappa shape index (κ1) is 14.6. The number of hydrogen-bond donors (Lipinski definition) is 1. The molecule has 2 rings (SSSR count). The van der Waals surface area contributed by atoms with Gasteiger partial charge in [0, 0.05) is 19.5 Å². The van der Waals surface area contributed by atoms with Crippen molar-refractivity contribution in [2.24, 2.45) is 5.92 Å². The average molecular weight is 279 g/mol. The number of carbonyl (C=O) groups is 2. The van der Waals surface area contributed by atoms with Crippen LogP contribution in [0.3, 0.4) is 0 Å². The van der Waals surface area contributed by atoms with Gasteiger partial charge in [-0.2, -0.15) is 0 Å². The fourth-order valence-electron chi connectivity index (χ4n) is 2.83. The lowest BCUT2D eigenvalue weighted by molar-refractivity contribution is -0.137. The van der Waals surface area contributed by atoms with E-state index >= 15 is 0 Å². The van der Waals surface area contributed by atoms with Crippen LogP contribution in [0.1, 0.15) is 47.6 Å². The third kappa shape index (κ3) is 3.40. The van der Waals surface area contributed by atoms with Crippen molar-refractivity contribution < 1.29 is 19.1 Å². The number of furan rings is 1. The Labute approximate surface area is 118 Å². The molecule has 0 radical (unpaired) electrons. The molecule has 20 heavy (non-hydrogen) atoms. The Bertz CT molecular complexity index is 506. The van der Waals surface area contributed by atoms with Crippen molar-refractivity contribution in [3.8, 4) is 0 Å². The first-order valence-electron chi connectivity index (χ1n) is 7.05. The van der Waals surface area contributed by atoms with Crippen molar-refractivity contribution in [1.29, 1.82) is 0 Å². The van der Waals surface area contributed by atoms with E-state index in [1.54, 1.807) is 13.0 Å². The van der Waals surface area contributed by atoms with E-state index in [0.717, 1.165) is 25.1 Å². The summed E-state index contributed by atoms with van der Waals surface area (Å²) in [4.78, 5) is 24.9. The van der Waals surface area contributed by atoms with Gasteiger partial charge in [0.2, 0.25) is 0 Å². The molecule has 1 aliphatic rings. The second-order valence-corrected chi connectivity index (χ2v) is 5.52. The predicted octanol–water partition coefficient (Wildman–Crippen LogP) is 2.61. The van der Waals surface area contributed by atoms with Gasteiger partial charge in [0.1, 0.15) is 11.5 Å². The summed E-state index contributed by atoms with van der Waals surface area (Å²) in [5.74, 6) is 0.914. The van der Waals surface area contributed by atoms with E-state index in [-0.39, 0.29) is 18.2 Å². The van der Waals surface area contributed by atoms with E-state index in [1.165, 1.54) is 0 Å². The van der Waals surface area contributed by atoms with Crippen molar-refractivity contribution in [1.82, 2.24) is 4.90 Å². The summed E-state index contributed by atoms with van der Waals surface area (Å²) in [5.41, 5.74) is 0.626. The maximum absolute atomic E-state index is 12.5. The Morgan fingerprint density at radius 2 is 2.20 bits per heavy atom. The summed E-state index contributed by atoms with van der Waals surface area (Å²) < 4.78 is 5.41. The molecule has 5 nitrogen and oxygen atoms in total. The van der Waals surface area contributed by atoms with E-state index in [9.17, 15) is 9.59 Å². The monoisotopic (exact) mass is 279 g/mol. The molecule has 2 heterocycles. The molecule has 1 aliphatic heterocycles. The van der Waals surface area contributed by atoms with Gasteiger partial charge in [0.05, 0.1) is 5.56 Å². The Hall–Kier alpha value is -1.78. The van der Waals surface area contributed by atoms with E-state index < -0.39 is 5.97 Å². The third-order valence-corrected chi connectivity index (χ3v) is 3.84. The average Bonchev–Trinajstić information content (AvgIpc) is 2.75. The van der Waals surface area contributed by atoms with Crippen LogP contribution in [0.5, 0.6) is 0 Å². The molecule has 1 unspecified atom stereocenters. The predicted molar refractivity (Wildman–Crippen MR) is 73.7 cm³/mol. The number of carboxylic acid groups (broad SMARTS) is 1. The maximum atomic E-state index is 12.5. The first-order chi connectivity index (χ1) is 9.47. The summed E-state index contributed by atoms with van der Waals surface area (Å²) in [5, 5.41) is 8.74. The summed E-state index contributed by atoms with van der Waals surface area (Å²) in [6.07, 6.45) is 2.76. The van der Waals surface area contributed by atoms with Crippen LogP contribution in [0.4, 0.5) is 0 Å². The molecule has 0 aromatic carbocycles. The minimum absolute atomic E-state index is 0.000579. The summed E-state index contributed by atoms with van der Waals surface area (Å²) >= 11 is 0. The molecule has 0 spiro atoms. The minimum Gasteiger partial charge on any atom is -0.481 e. The minimum atomic E-state index is -0.769. The van der Waals surface area contributed by atoms with Crippen molar-refractivity contribution in [3.05, 3.63) is 23.2 Å². The largest absolute Gasteiger partial charge is 0.481 e. The van der Waals surface area contributed by atoms with E-state index in [4.69, 9.17) is 9.52 Å². The van der Waals surface area contributed by atoms with E-state index in [2.05, 4.69) is 0 Å². The van der Waals surface area contributed by atoms with Gasteiger partial charge in [0.25, 0.3) is 5.91 Å². The zero-order valence-corrected chi connectivity index (χ0v) is 12.0. The Kier molecular flexibility index (Phi) is 4.47. The number of piperidine rings is 1. The molecule has 0 aliphatic carbocycles. The van der Waals surface area contributed by atoms with E-state index in [0.29, 0.717) is 24.3 Å². The summed E-state index contributed by atoms with van der Waals surface area (Å²) in [6.45, 7) is 5.02. The number of rotatable bonds is 4. The molecule has 0 saturated carbocycles. The van der Waals surface area contributed by atoms with Gasteiger partial charge < -0.3 is 14.4 Å². The van der Waals surface area contributed by atoms with Gasteiger partial charge in [-0.3, -0.25) is 9.59 Å². The number of likely N-dealkylation sites (tertiary alicyclic amines) is 1. The van der Waals surface area contributed by atoms with Crippen LogP contribution in [0.25, 0.3) is 0 Å². The molecule has 1 fully saturated rings. The maximum Gasteiger partial charge on any atom is 0.303 e. The number of amides is 1. The summed E-state index contributed by atoms with van der Waals surface area (Å²) in [6, 6.07) is 1.78. The lowest BCUT2D eigenvalue weighted by Gasteiger charge is -2.32. The quantitative estimate of drug-likeness (QED) is 0.919. The van der Waals surface area contributed by atoms with Crippen LogP contribution in [-0.2, 0) is 4.79 Å². The van der Waals surface area contributed by atoms with Crippen molar-refractivity contribution in [2.45, 2.75) is 39.5 Å². The Morgan fingerprint density at radius 3 is 2.80 bits per heavy atom. The van der Waals surface area contributed by atoms with Gasteiger partial charge in [-0.15, -0.1) is 0 Å². The van der Waals surface area contributed by atoms with Gasteiger partial charge >= 0.3 is 5.97 Å². The number of carboxylic acids is 1. The lowest BCUT2D eigenvalue weighted by Crippen LogP contribution is -2.40. The van der Waals surface area contributed by atoms with Crippen molar-refractivity contribution in [2.75, 3.05) is 13.1 Å². The normalized spacial score (nSPS) is 19.1. The van der Waals surface area contributed by atoms with Crippen LogP contribution in [-0.4, -0.2) is 35.0 Å². The number of nitrogens with zero attached hydrogens (tertiary/aromatic N) is 1. The van der Waals surface area contributed by atoms with Crippen LogP contribution in [0.15, 0.2) is 10.5 Å². The lowest BCUT2D eigenvalue weighted by atomic mass is 9.93. The molecule has 1 N–H and O–H groups in total. The molecule has 1 atom stereocenters. The van der Waals surface area contributed by atoms with Gasteiger partial charge in [-0.1, -0.05) is 0 Å². The SMILES string of the molecule is Cc1cc(C(=O)N2CCCC(CCC(=O)O)C2)c(C)o1. The highest BCUT2D eigenvalue weighted by atomic mass is 16.4. The molecular formula is C15H21NO4. The number of hydrogen-bond acceptors (Lipinski definition) is 3. The number of aryl methyl sites for hydroxylation is 2. The highest BCUT2D eigenvalue weighted by Crippen LogP contribution is 2.24. The molecular weight excluding hydrogens is 258 g/mol. The van der Waals surface area contributed by atoms with Crippen molar-refractivity contribution >= 4 is 11.9 Å². The molecule has 1 aromatic rings. The van der Waals surface area contributed by atoms with Crippen LogP contribution in [0.2, 0.25) is 0 Å². The van der Waals surface area contributed by atoms with Gasteiger partial charge in [-0.25, -0.2) is 0 Å². The summed E-state index contributed by atoms with van der Waals surface area (Å²) in [7, 11) is 0. The van der Waals surface area contributed by atoms with Gasteiger partial charge in [0.15, 0.2) is 0 Å². The topological polar surface area (TPSA) is 70.8 Å². The Morgan fingerprint density at radius 1 is 1.45 bits per heavy atom. The van der Waals surface area contributed by atoms with Crippen LogP contribution in [0, 0.1) is 19.8 Å². The van der Waals surface area contributed by atoms with Crippen molar-refractivity contribution in [3.63, 3.8) is 0 Å². The molecule has 1 aromatic heterocycles. The zero-order valence-electron chi connectivity index (χ0n) is 12.0. The molecule has 5 heteroatoms. The smallest absolute Gasteiger partial charge is 0.303 e. The number of carbonyl (C=O) groups excluding carboxylic acids is 1. The highest BCUT2D eigenvalue weighted by Gasteiger charge is 2.26. The molecule has 1 amide bonds. The highest BCUT2D eigenvalue weighted by molar-refractivity contribution is 5.95. The third-order valence-electron chi connectivity index (χ3n) is 3.84. The van der Waals surface area contributed by atoms with E-state index in [1.807, 2.05) is 11.8 Å². The molecule has 110 valence electrons. The second kappa shape index (κ2) is 6.11. The standard InChI is InChI=1S/C15H21NO4/c1-10-8-13(11(2)20-10)15(19)16-7-3-4-12(9-16)5-6-14(17)18/h8,12H,3-7,9H2,1-2H3,(H,17,18). The Balaban J connectivity index is 1.99. The fourth-order valence-corrected chi connectivity index (χ4v) is 2.83. The first-order valence-corrected chi connectivity index (χ1v) is 7.05. The van der Waals surface area contributed by atoms with Crippen LogP contribution < -0.4 is 0 Å². The molecule has 1 saturated heterocycles. The van der Waals surface area contributed by atoms with Crippen LogP contribution >= 0.6 is 0 Å². The number of aliphatic carboxylic acids is 1. The van der Waals surface area contributed by atoms with Gasteiger partial charge in [-0.05, 0) is 45.1 Å². The zero-order chi connectivity index (χ0) is 14.7. The second-order valence-electron chi connectivity index (χ2n) is 5.52.